The number of aryl methyl sites for hydroxylation is 1. The number of amides is 1. The van der Waals surface area contributed by atoms with Crippen molar-refractivity contribution in [1.82, 2.24) is 5.32 Å². The number of anilines is 1. The summed E-state index contributed by atoms with van der Waals surface area (Å²) in [6.45, 7) is 2.20. The van der Waals surface area contributed by atoms with Crippen molar-refractivity contribution in [2.24, 2.45) is 0 Å². The minimum atomic E-state index is -0.220. The number of furan rings is 1. The standard InChI is InChI=1S/C13H13BrN2O2/c1-8-2-4-10(18-8)7-16-13(17)11-6-9(14)3-5-12(11)15/h2-6H,7,15H2,1H3,(H,16,17). The van der Waals surface area contributed by atoms with E-state index >= 15 is 0 Å². The summed E-state index contributed by atoms with van der Waals surface area (Å²) in [4.78, 5) is 11.9. The fraction of sp³-hybridized carbons (Fsp3) is 0.154. The number of carbonyl (C=O) groups excluding carboxylic acids is 1. The van der Waals surface area contributed by atoms with Gasteiger partial charge in [-0.3, -0.25) is 4.79 Å². The maximum absolute atomic E-state index is 11.9. The van der Waals surface area contributed by atoms with Crippen LogP contribution in [0.25, 0.3) is 0 Å². The van der Waals surface area contributed by atoms with E-state index in [1.54, 1.807) is 18.2 Å². The molecule has 0 bridgehead atoms. The Hall–Kier alpha value is -1.75. The SMILES string of the molecule is Cc1ccc(CNC(=O)c2cc(Br)ccc2N)o1. The normalized spacial score (nSPS) is 10.3. The Morgan fingerprint density at radius 3 is 2.83 bits per heavy atom. The molecule has 0 aliphatic carbocycles. The van der Waals surface area contributed by atoms with Gasteiger partial charge in [-0.2, -0.15) is 0 Å². The van der Waals surface area contributed by atoms with E-state index in [0.717, 1.165) is 16.0 Å². The Balaban J connectivity index is 2.05. The number of hydrogen-bond donors (Lipinski definition) is 2. The fourth-order valence-electron chi connectivity index (χ4n) is 1.57. The Labute approximate surface area is 113 Å². The molecule has 94 valence electrons. The summed E-state index contributed by atoms with van der Waals surface area (Å²) in [6, 6.07) is 8.87. The molecule has 5 heteroatoms. The lowest BCUT2D eigenvalue weighted by Crippen LogP contribution is -2.23. The number of halogens is 1. The van der Waals surface area contributed by atoms with Gasteiger partial charge in [0.15, 0.2) is 0 Å². The number of nitrogens with one attached hydrogen (secondary N) is 1. The van der Waals surface area contributed by atoms with E-state index in [1.807, 2.05) is 19.1 Å². The maximum Gasteiger partial charge on any atom is 0.253 e. The molecule has 2 aromatic rings. The van der Waals surface area contributed by atoms with Crippen LogP contribution in [0.5, 0.6) is 0 Å². The molecule has 0 atom stereocenters. The van der Waals surface area contributed by atoms with Crippen molar-refractivity contribution in [3.05, 3.63) is 51.9 Å². The van der Waals surface area contributed by atoms with E-state index in [1.165, 1.54) is 0 Å². The Morgan fingerprint density at radius 1 is 1.39 bits per heavy atom. The molecule has 0 aliphatic heterocycles. The Kier molecular flexibility index (Phi) is 3.72. The molecule has 0 aliphatic rings. The van der Waals surface area contributed by atoms with Crippen molar-refractivity contribution in [2.45, 2.75) is 13.5 Å². The van der Waals surface area contributed by atoms with Crippen LogP contribution >= 0.6 is 15.9 Å². The highest BCUT2D eigenvalue weighted by atomic mass is 79.9. The number of nitrogen functional groups attached to an aromatic ring is 1. The first-order valence-electron chi connectivity index (χ1n) is 5.45. The third kappa shape index (κ3) is 2.92. The highest BCUT2D eigenvalue weighted by Crippen LogP contribution is 2.18. The zero-order chi connectivity index (χ0) is 13.1. The van der Waals surface area contributed by atoms with Crippen LogP contribution in [0.15, 0.2) is 39.2 Å². The van der Waals surface area contributed by atoms with Crippen molar-refractivity contribution >= 4 is 27.5 Å². The zero-order valence-electron chi connectivity index (χ0n) is 9.87. The van der Waals surface area contributed by atoms with E-state index in [4.69, 9.17) is 10.2 Å². The summed E-state index contributed by atoms with van der Waals surface area (Å²) in [5.41, 5.74) is 6.66. The molecule has 1 heterocycles. The summed E-state index contributed by atoms with van der Waals surface area (Å²) in [5.74, 6) is 1.32. The minimum absolute atomic E-state index is 0.220. The predicted octanol–water partition coefficient (Wildman–Crippen LogP) is 2.86. The fourth-order valence-corrected chi connectivity index (χ4v) is 1.93. The van der Waals surface area contributed by atoms with Crippen molar-refractivity contribution in [3.8, 4) is 0 Å². The van der Waals surface area contributed by atoms with Crippen LogP contribution in [0, 0.1) is 6.92 Å². The highest BCUT2D eigenvalue weighted by molar-refractivity contribution is 9.10. The van der Waals surface area contributed by atoms with Crippen molar-refractivity contribution < 1.29 is 9.21 Å². The van der Waals surface area contributed by atoms with Gasteiger partial charge in [-0.1, -0.05) is 15.9 Å². The maximum atomic E-state index is 11.9. The van der Waals surface area contributed by atoms with Crippen LogP contribution < -0.4 is 11.1 Å². The quantitative estimate of drug-likeness (QED) is 0.857. The number of nitrogens with two attached hydrogens (primary N) is 1. The molecule has 2 rings (SSSR count). The lowest BCUT2D eigenvalue weighted by molar-refractivity contribution is 0.0948. The number of rotatable bonds is 3. The number of carbonyl (C=O) groups is 1. The van der Waals surface area contributed by atoms with Crippen LogP contribution in [0.4, 0.5) is 5.69 Å². The summed E-state index contributed by atoms with van der Waals surface area (Å²) >= 11 is 3.31. The summed E-state index contributed by atoms with van der Waals surface area (Å²) < 4.78 is 6.18. The van der Waals surface area contributed by atoms with Gasteiger partial charge in [0.2, 0.25) is 0 Å². The van der Waals surface area contributed by atoms with E-state index in [0.29, 0.717) is 17.8 Å². The van der Waals surface area contributed by atoms with E-state index < -0.39 is 0 Å². The molecule has 0 radical (unpaired) electrons. The average molecular weight is 309 g/mol. The van der Waals surface area contributed by atoms with Gasteiger partial charge in [0.1, 0.15) is 11.5 Å². The number of hydrogen-bond acceptors (Lipinski definition) is 3. The Bertz CT molecular complexity index is 578. The molecule has 1 amide bonds. The molecule has 0 spiro atoms. The molecule has 18 heavy (non-hydrogen) atoms. The van der Waals surface area contributed by atoms with Gasteiger partial charge >= 0.3 is 0 Å². The van der Waals surface area contributed by atoms with Crippen LogP contribution in [-0.2, 0) is 6.54 Å². The van der Waals surface area contributed by atoms with Gasteiger partial charge in [-0.05, 0) is 37.3 Å². The second-order valence-electron chi connectivity index (χ2n) is 3.93. The second-order valence-corrected chi connectivity index (χ2v) is 4.84. The molecular weight excluding hydrogens is 296 g/mol. The Morgan fingerprint density at radius 2 is 2.17 bits per heavy atom. The molecule has 1 aromatic heterocycles. The van der Waals surface area contributed by atoms with Crippen LogP contribution in [0.3, 0.4) is 0 Å². The van der Waals surface area contributed by atoms with Crippen molar-refractivity contribution in [2.75, 3.05) is 5.73 Å². The van der Waals surface area contributed by atoms with Gasteiger partial charge in [0.25, 0.3) is 5.91 Å². The van der Waals surface area contributed by atoms with E-state index in [-0.39, 0.29) is 5.91 Å². The first kappa shape index (κ1) is 12.7. The van der Waals surface area contributed by atoms with E-state index in [2.05, 4.69) is 21.2 Å². The van der Waals surface area contributed by atoms with Gasteiger partial charge in [-0.25, -0.2) is 0 Å². The molecule has 0 fully saturated rings. The molecule has 0 unspecified atom stereocenters. The third-order valence-corrected chi connectivity index (χ3v) is 2.97. The van der Waals surface area contributed by atoms with Crippen molar-refractivity contribution in [3.63, 3.8) is 0 Å². The van der Waals surface area contributed by atoms with Crippen LogP contribution in [0.2, 0.25) is 0 Å². The average Bonchev–Trinajstić information content (AvgIpc) is 2.75. The van der Waals surface area contributed by atoms with Crippen LogP contribution in [0.1, 0.15) is 21.9 Å². The minimum Gasteiger partial charge on any atom is -0.465 e. The van der Waals surface area contributed by atoms with Gasteiger partial charge in [0.05, 0.1) is 12.1 Å². The largest absolute Gasteiger partial charge is 0.465 e. The summed E-state index contributed by atoms with van der Waals surface area (Å²) in [5, 5.41) is 2.76. The smallest absolute Gasteiger partial charge is 0.253 e. The van der Waals surface area contributed by atoms with Gasteiger partial charge in [0, 0.05) is 10.2 Å². The first-order chi connectivity index (χ1) is 8.56. The lowest BCUT2D eigenvalue weighted by Gasteiger charge is -2.06. The monoisotopic (exact) mass is 308 g/mol. The summed E-state index contributed by atoms with van der Waals surface area (Å²) in [6.07, 6.45) is 0. The topological polar surface area (TPSA) is 68.3 Å². The lowest BCUT2D eigenvalue weighted by atomic mass is 10.1. The third-order valence-electron chi connectivity index (χ3n) is 2.48. The predicted molar refractivity (Wildman–Crippen MR) is 73.2 cm³/mol. The van der Waals surface area contributed by atoms with Crippen molar-refractivity contribution in [1.29, 1.82) is 0 Å². The number of benzene rings is 1. The molecule has 0 saturated heterocycles. The highest BCUT2D eigenvalue weighted by Gasteiger charge is 2.10. The van der Waals surface area contributed by atoms with Gasteiger partial charge < -0.3 is 15.5 Å². The zero-order valence-corrected chi connectivity index (χ0v) is 11.5. The summed E-state index contributed by atoms with van der Waals surface area (Å²) in [7, 11) is 0. The van der Waals surface area contributed by atoms with Crippen LogP contribution in [-0.4, -0.2) is 5.91 Å². The van der Waals surface area contributed by atoms with E-state index in [9.17, 15) is 4.79 Å². The second kappa shape index (κ2) is 5.27. The molecular formula is C13H13BrN2O2. The first-order valence-corrected chi connectivity index (χ1v) is 6.24. The molecule has 3 N–H and O–H groups in total. The van der Waals surface area contributed by atoms with Gasteiger partial charge in [-0.15, -0.1) is 0 Å². The molecule has 0 saturated carbocycles. The molecule has 1 aromatic carbocycles. The molecule has 4 nitrogen and oxygen atoms in total.